The summed E-state index contributed by atoms with van der Waals surface area (Å²) in [6, 6.07) is 0.0872. The van der Waals surface area contributed by atoms with Crippen LogP contribution in [0.2, 0.25) is 0 Å². The van der Waals surface area contributed by atoms with E-state index < -0.39 is 0 Å². The van der Waals surface area contributed by atoms with Crippen LogP contribution >= 0.6 is 0 Å². The first-order valence-electron chi connectivity index (χ1n) is 3.78. The molecular weight excluding hydrogens is 156 g/mol. The van der Waals surface area contributed by atoms with Gasteiger partial charge >= 0.3 is 0 Å². The van der Waals surface area contributed by atoms with Gasteiger partial charge in [0.15, 0.2) is 0 Å². The maximum absolute atomic E-state index is 10.6. The lowest BCUT2D eigenvalue weighted by Gasteiger charge is -2.11. The molecule has 0 bridgehead atoms. The fourth-order valence-electron chi connectivity index (χ4n) is 1.00. The Balaban J connectivity index is 2.36. The van der Waals surface area contributed by atoms with E-state index in [1.54, 1.807) is 11.0 Å². The zero-order valence-corrected chi connectivity index (χ0v) is 7.19. The second-order valence-corrected chi connectivity index (χ2v) is 2.72. The number of amides is 1. The third kappa shape index (κ3) is 2.69. The lowest BCUT2D eigenvalue weighted by atomic mass is 10.3. The summed E-state index contributed by atoms with van der Waals surface area (Å²) < 4.78 is 1.68. The molecule has 1 unspecified atom stereocenters. The van der Waals surface area contributed by atoms with Crippen LogP contribution in [0.15, 0.2) is 12.7 Å². The molecule has 1 heterocycles. The highest BCUT2D eigenvalue weighted by atomic mass is 16.1. The van der Waals surface area contributed by atoms with Crippen LogP contribution in [-0.2, 0) is 11.3 Å². The number of carbonyl (C=O) groups excluding carboxylic acids is 1. The van der Waals surface area contributed by atoms with Crippen molar-refractivity contribution in [1.29, 1.82) is 0 Å². The Kier molecular flexibility index (Phi) is 2.79. The molecule has 1 amide bonds. The molecule has 0 aliphatic rings. The second-order valence-electron chi connectivity index (χ2n) is 2.72. The fourth-order valence-corrected chi connectivity index (χ4v) is 1.00. The molecule has 0 radical (unpaired) electrons. The maximum atomic E-state index is 10.6. The molecule has 1 aromatic heterocycles. The summed E-state index contributed by atoms with van der Waals surface area (Å²) in [6.07, 6.45) is 3.10. The monoisotopic (exact) mass is 168 g/mol. The summed E-state index contributed by atoms with van der Waals surface area (Å²) in [6.45, 7) is 4.07. The lowest BCUT2D eigenvalue weighted by Crippen LogP contribution is -2.34. The maximum Gasteiger partial charge on any atom is 0.217 e. The molecule has 0 spiro atoms. The molecule has 0 aliphatic carbocycles. The second kappa shape index (κ2) is 3.85. The summed E-state index contributed by atoms with van der Waals surface area (Å²) in [5, 5.41) is 6.67. The van der Waals surface area contributed by atoms with Gasteiger partial charge in [0.2, 0.25) is 5.91 Å². The van der Waals surface area contributed by atoms with Gasteiger partial charge in [-0.2, -0.15) is 5.10 Å². The van der Waals surface area contributed by atoms with E-state index in [0.717, 1.165) is 0 Å². The highest BCUT2D eigenvalue weighted by Crippen LogP contribution is 1.87. The van der Waals surface area contributed by atoms with E-state index in [0.29, 0.717) is 6.54 Å². The van der Waals surface area contributed by atoms with Crippen LogP contribution in [0.4, 0.5) is 0 Å². The van der Waals surface area contributed by atoms with Gasteiger partial charge in [0, 0.05) is 13.0 Å². The average Bonchev–Trinajstić information content (AvgIpc) is 2.37. The Labute approximate surface area is 70.8 Å². The van der Waals surface area contributed by atoms with Crippen molar-refractivity contribution in [3.63, 3.8) is 0 Å². The topological polar surface area (TPSA) is 59.8 Å². The van der Waals surface area contributed by atoms with Gasteiger partial charge in [0.05, 0.1) is 6.54 Å². The van der Waals surface area contributed by atoms with Gasteiger partial charge < -0.3 is 5.32 Å². The molecule has 0 saturated carbocycles. The van der Waals surface area contributed by atoms with Crippen molar-refractivity contribution in [3.8, 4) is 0 Å². The van der Waals surface area contributed by atoms with E-state index >= 15 is 0 Å². The Morgan fingerprint density at radius 3 is 3.00 bits per heavy atom. The highest BCUT2D eigenvalue weighted by Gasteiger charge is 2.03. The molecule has 1 aromatic rings. The van der Waals surface area contributed by atoms with Crippen molar-refractivity contribution in [2.45, 2.75) is 26.4 Å². The van der Waals surface area contributed by atoms with E-state index in [2.05, 4.69) is 15.4 Å². The van der Waals surface area contributed by atoms with E-state index in [4.69, 9.17) is 0 Å². The van der Waals surface area contributed by atoms with Gasteiger partial charge in [-0.1, -0.05) is 0 Å². The minimum absolute atomic E-state index is 0.0254. The first kappa shape index (κ1) is 8.70. The number of nitrogens with zero attached hydrogens (tertiary/aromatic N) is 3. The number of hydrogen-bond acceptors (Lipinski definition) is 3. The van der Waals surface area contributed by atoms with Crippen LogP contribution < -0.4 is 5.32 Å². The third-order valence-corrected chi connectivity index (χ3v) is 1.38. The normalized spacial score (nSPS) is 12.5. The standard InChI is InChI=1S/C7H12N4O/c1-6(10-7(2)12)3-11-5-8-4-9-11/h4-6H,3H2,1-2H3,(H,10,12). The molecule has 0 aliphatic heterocycles. The minimum atomic E-state index is -0.0254. The number of rotatable bonds is 3. The van der Waals surface area contributed by atoms with Crippen molar-refractivity contribution >= 4 is 5.91 Å². The summed E-state index contributed by atoms with van der Waals surface area (Å²) in [7, 11) is 0. The predicted octanol–water partition coefficient (Wildman–Crippen LogP) is -0.197. The zero-order chi connectivity index (χ0) is 8.97. The fraction of sp³-hybridized carbons (Fsp3) is 0.571. The van der Waals surface area contributed by atoms with Gasteiger partial charge in [-0.25, -0.2) is 4.98 Å². The Bertz CT molecular complexity index is 244. The molecule has 1 N–H and O–H groups in total. The van der Waals surface area contributed by atoms with E-state index in [-0.39, 0.29) is 11.9 Å². The van der Waals surface area contributed by atoms with Crippen LogP contribution in [0.3, 0.4) is 0 Å². The van der Waals surface area contributed by atoms with Crippen LogP contribution in [-0.4, -0.2) is 26.7 Å². The minimum Gasteiger partial charge on any atom is -0.352 e. The number of hydrogen-bond donors (Lipinski definition) is 1. The molecule has 66 valence electrons. The van der Waals surface area contributed by atoms with Gasteiger partial charge in [-0.05, 0) is 6.92 Å². The van der Waals surface area contributed by atoms with Gasteiger partial charge in [0.1, 0.15) is 12.7 Å². The van der Waals surface area contributed by atoms with Crippen LogP contribution in [0, 0.1) is 0 Å². The molecule has 1 rings (SSSR count). The first-order chi connectivity index (χ1) is 5.68. The Morgan fingerprint density at radius 2 is 2.50 bits per heavy atom. The van der Waals surface area contributed by atoms with E-state index in [1.807, 2.05) is 6.92 Å². The molecule has 12 heavy (non-hydrogen) atoms. The largest absolute Gasteiger partial charge is 0.352 e. The van der Waals surface area contributed by atoms with Crippen molar-refractivity contribution in [2.24, 2.45) is 0 Å². The summed E-state index contributed by atoms with van der Waals surface area (Å²) in [5.74, 6) is -0.0254. The lowest BCUT2D eigenvalue weighted by molar-refractivity contribution is -0.119. The number of nitrogens with one attached hydrogen (secondary N) is 1. The molecule has 0 saturated heterocycles. The van der Waals surface area contributed by atoms with Crippen LogP contribution in [0.5, 0.6) is 0 Å². The van der Waals surface area contributed by atoms with Crippen molar-refractivity contribution < 1.29 is 4.79 Å². The quantitative estimate of drug-likeness (QED) is 0.680. The summed E-state index contributed by atoms with van der Waals surface area (Å²) in [5.41, 5.74) is 0. The van der Waals surface area contributed by atoms with Crippen molar-refractivity contribution in [2.75, 3.05) is 0 Å². The van der Waals surface area contributed by atoms with Crippen molar-refractivity contribution in [3.05, 3.63) is 12.7 Å². The molecule has 0 fully saturated rings. The molecular formula is C7H12N4O. The van der Waals surface area contributed by atoms with Gasteiger partial charge in [0.25, 0.3) is 0 Å². The Hall–Kier alpha value is -1.39. The number of aromatic nitrogens is 3. The van der Waals surface area contributed by atoms with Gasteiger partial charge in [-0.15, -0.1) is 0 Å². The number of carbonyl (C=O) groups is 1. The smallest absolute Gasteiger partial charge is 0.217 e. The van der Waals surface area contributed by atoms with Gasteiger partial charge in [-0.3, -0.25) is 9.48 Å². The molecule has 0 aromatic carbocycles. The highest BCUT2D eigenvalue weighted by molar-refractivity contribution is 5.73. The average molecular weight is 168 g/mol. The summed E-state index contributed by atoms with van der Waals surface area (Å²) >= 11 is 0. The summed E-state index contributed by atoms with van der Waals surface area (Å²) in [4.78, 5) is 14.4. The van der Waals surface area contributed by atoms with Crippen LogP contribution in [0.25, 0.3) is 0 Å². The van der Waals surface area contributed by atoms with E-state index in [9.17, 15) is 4.79 Å². The first-order valence-corrected chi connectivity index (χ1v) is 3.78. The Morgan fingerprint density at radius 1 is 1.75 bits per heavy atom. The molecule has 5 heteroatoms. The van der Waals surface area contributed by atoms with Crippen LogP contribution in [0.1, 0.15) is 13.8 Å². The zero-order valence-electron chi connectivity index (χ0n) is 7.19. The van der Waals surface area contributed by atoms with Crippen molar-refractivity contribution in [1.82, 2.24) is 20.1 Å². The molecule has 5 nitrogen and oxygen atoms in total. The molecule has 1 atom stereocenters. The van der Waals surface area contributed by atoms with E-state index in [1.165, 1.54) is 13.3 Å². The SMILES string of the molecule is CC(=O)NC(C)Cn1cncn1. The third-order valence-electron chi connectivity index (χ3n) is 1.38. The predicted molar refractivity (Wildman–Crippen MR) is 43.3 cm³/mol.